The Bertz CT molecular complexity index is 742. The highest BCUT2D eigenvalue weighted by Gasteiger charge is 2.31. The van der Waals surface area contributed by atoms with E-state index in [2.05, 4.69) is 0 Å². The van der Waals surface area contributed by atoms with Crippen molar-refractivity contribution in [2.45, 2.75) is 32.9 Å². The van der Waals surface area contributed by atoms with Gasteiger partial charge in [0, 0.05) is 5.69 Å². The first-order valence-electron chi connectivity index (χ1n) is 7.86. The first kappa shape index (κ1) is 19.3. The summed E-state index contributed by atoms with van der Waals surface area (Å²) in [6.07, 6.45) is -0.286. The van der Waals surface area contributed by atoms with Crippen molar-refractivity contribution in [1.29, 1.82) is 0 Å². The molecule has 0 heterocycles. The lowest BCUT2D eigenvalue weighted by Gasteiger charge is -2.29. The summed E-state index contributed by atoms with van der Waals surface area (Å²) in [5.41, 5.74) is 0.704. The number of carbonyl (C=O) groups is 2. The highest BCUT2D eigenvalue weighted by atomic mass is 35.5. The van der Waals surface area contributed by atoms with E-state index in [-0.39, 0.29) is 21.7 Å². The molecule has 1 atom stereocenters. The first-order chi connectivity index (χ1) is 11.8. The fourth-order valence-electron chi connectivity index (χ4n) is 2.36. The van der Waals surface area contributed by atoms with Crippen LogP contribution in [0.1, 0.15) is 31.1 Å². The highest BCUT2D eigenvalue weighted by Crippen LogP contribution is 2.29. The van der Waals surface area contributed by atoms with Gasteiger partial charge in [-0.3, -0.25) is 9.69 Å². The monoisotopic (exact) mass is 379 g/mol. The van der Waals surface area contributed by atoms with Gasteiger partial charge < -0.3 is 4.74 Å². The minimum absolute atomic E-state index is 0.152. The van der Waals surface area contributed by atoms with Gasteiger partial charge >= 0.3 is 5.97 Å². The SMILES string of the molecule is CC(C)OC(=O)[C@H](C)N(C(=O)c1c(Cl)cccc1Cl)c1ccccc1. The van der Waals surface area contributed by atoms with Crippen molar-refractivity contribution in [2.24, 2.45) is 0 Å². The molecule has 0 bridgehead atoms. The van der Waals surface area contributed by atoms with Gasteiger partial charge in [-0.25, -0.2) is 4.79 Å². The Kier molecular flexibility index (Phi) is 6.45. The number of rotatable bonds is 5. The van der Waals surface area contributed by atoms with Gasteiger partial charge in [0.2, 0.25) is 0 Å². The van der Waals surface area contributed by atoms with E-state index in [0.717, 1.165) is 0 Å². The zero-order chi connectivity index (χ0) is 18.6. The molecule has 4 nitrogen and oxygen atoms in total. The van der Waals surface area contributed by atoms with Crippen LogP contribution in [0.2, 0.25) is 10.0 Å². The number of carbonyl (C=O) groups excluding carboxylic acids is 2. The Morgan fingerprint density at radius 1 is 0.920 bits per heavy atom. The number of halogens is 2. The quantitative estimate of drug-likeness (QED) is 0.688. The molecule has 0 radical (unpaired) electrons. The lowest BCUT2D eigenvalue weighted by molar-refractivity contribution is -0.148. The zero-order valence-electron chi connectivity index (χ0n) is 14.2. The number of ether oxygens (including phenoxy) is 1. The van der Waals surface area contributed by atoms with Crippen LogP contribution in [0.4, 0.5) is 5.69 Å². The molecular formula is C19H19Cl2NO3. The topological polar surface area (TPSA) is 46.6 Å². The minimum Gasteiger partial charge on any atom is -0.461 e. The van der Waals surface area contributed by atoms with Gasteiger partial charge in [-0.15, -0.1) is 0 Å². The van der Waals surface area contributed by atoms with Crippen LogP contribution in [0.3, 0.4) is 0 Å². The Hall–Kier alpha value is -2.04. The second kappa shape index (κ2) is 8.37. The molecule has 0 spiro atoms. The number of nitrogens with zero attached hydrogens (tertiary/aromatic N) is 1. The number of esters is 1. The number of hydrogen-bond donors (Lipinski definition) is 0. The first-order valence-corrected chi connectivity index (χ1v) is 8.61. The maximum absolute atomic E-state index is 13.2. The van der Waals surface area contributed by atoms with Gasteiger partial charge in [-0.05, 0) is 45.0 Å². The third kappa shape index (κ3) is 4.53. The molecule has 0 aromatic heterocycles. The van der Waals surface area contributed by atoms with Crippen molar-refractivity contribution >= 4 is 40.8 Å². The number of benzene rings is 2. The van der Waals surface area contributed by atoms with E-state index in [1.54, 1.807) is 63.2 Å². The summed E-state index contributed by atoms with van der Waals surface area (Å²) >= 11 is 12.4. The molecule has 2 aromatic rings. The van der Waals surface area contributed by atoms with E-state index in [9.17, 15) is 9.59 Å². The van der Waals surface area contributed by atoms with Crippen LogP contribution < -0.4 is 4.90 Å². The summed E-state index contributed by atoms with van der Waals surface area (Å²) in [7, 11) is 0. The standard InChI is InChI=1S/C19H19Cl2NO3/c1-12(2)25-19(24)13(3)22(14-8-5-4-6-9-14)18(23)17-15(20)10-7-11-16(17)21/h4-13H,1-3H3/t13-/m0/s1. The van der Waals surface area contributed by atoms with Crippen molar-refractivity contribution in [3.05, 3.63) is 64.1 Å². The molecule has 2 rings (SSSR count). The van der Waals surface area contributed by atoms with E-state index in [4.69, 9.17) is 27.9 Å². The average Bonchev–Trinajstić information content (AvgIpc) is 2.55. The van der Waals surface area contributed by atoms with Crippen molar-refractivity contribution in [1.82, 2.24) is 0 Å². The fraction of sp³-hybridized carbons (Fsp3) is 0.263. The molecule has 0 fully saturated rings. The summed E-state index contributed by atoms with van der Waals surface area (Å²) in [4.78, 5) is 26.9. The normalized spacial score (nSPS) is 11.9. The summed E-state index contributed by atoms with van der Waals surface area (Å²) in [6.45, 7) is 5.12. The van der Waals surface area contributed by atoms with E-state index >= 15 is 0 Å². The van der Waals surface area contributed by atoms with E-state index < -0.39 is 17.9 Å². The van der Waals surface area contributed by atoms with E-state index in [1.807, 2.05) is 6.07 Å². The van der Waals surface area contributed by atoms with Crippen molar-refractivity contribution in [2.75, 3.05) is 4.90 Å². The maximum Gasteiger partial charge on any atom is 0.329 e. The average molecular weight is 380 g/mol. The smallest absolute Gasteiger partial charge is 0.329 e. The highest BCUT2D eigenvalue weighted by molar-refractivity contribution is 6.40. The predicted octanol–water partition coefficient (Wildman–Crippen LogP) is 4.98. The van der Waals surface area contributed by atoms with Crippen LogP contribution in [-0.2, 0) is 9.53 Å². The summed E-state index contributed by atoms with van der Waals surface area (Å²) in [6, 6.07) is 12.8. The lowest BCUT2D eigenvalue weighted by atomic mass is 10.1. The van der Waals surface area contributed by atoms with Crippen molar-refractivity contribution in [3.63, 3.8) is 0 Å². The van der Waals surface area contributed by atoms with E-state index in [1.165, 1.54) is 4.90 Å². The van der Waals surface area contributed by atoms with E-state index in [0.29, 0.717) is 5.69 Å². The number of para-hydroxylation sites is 1. The van der Waals surface area contributed by atoms with Gasteiger partial charge in [0.25, 0.3) is 5.91 Å². The van der Waals surface area contributed by atoms with Gasteiger partial charge in [0.1, 0.15) is 6.04 Å². The molecule has 25 heavy (non-hydrogen) atoms. The summed E-state index contributed by atoms with van der Waals surface area (Å²) < 4.78 is 5.26. The minimum atomic E-state index is -0.843. The molecule has 0 saturated heterocycles. The van der Waals surface area contributed by atoms with Crippen LogP contribution >= 0.6 is 23.2 Å². The maximum atomic E-state index is 13.2. The lowest BCUT2D eigenvalue weighted by Crippen LogP contribution is -2.45. The molecule has 0 unspecified atom stereocenters. The van der Waals surface area contributed by atoms with Crippen molar-refractivity contribution < 1.29 is 14.3 Å². The molecule has 0 aliphatic heterocycles. The molecule has 1 amide bonds. The van der Waals surface area contributed by atoms with Crippen LogP contribution in [0.15, 0.2) is 48.5 Å². The van der Waals surface area contributed by atoms with Gasteiger partial charge in [-0.1, -0.05) is 47.5 Å². The summed E-state index contributed by atoms with van der Waals surface area (Å²) in [5.74, 6) is -0.967. The largest absolute Gasteiger partial charge is 0.461 e. The van der Waals surface area contributed by atoms with Crippen LogP contribution in [0.5, 0.6) is 0 Å². The van der Waals surface area contributed by atoms with Gasteiger partial charge in [0.15, 0.2) is 0 Å². The summed E-state index contributed by atoms with van der Waals surface area (Å²) in [5, 5.41) is 0.450. The number of hydrogen-bond acceptors (Lipinski definition) is 3. The zero-order valence-corrected chi connectivity index (χ0v) is 15.7. The molecule has 0 aliphatic rings. The molecule has 0 aliphatic carbocycles. The Labute approximate surface area is 157 Å². The van der Waals surface area contributed by atoms with Crippen LogP contribution in [0, 0.1) is 0 Å². The van der Waals surface area contributed by atoms with Gasteiger partial charge in [0.05, 0.1) is 21.7 Å². The fourth-order valence-corrected chi connectivity index (χ4v) is 2.92. The Morgan fingerprint density at radius 2 is 1.48 bits per heavy atom. The number of anilines is 1. The van der Waals surface area contributed by atoms with Crippen LogP contribution in [0.25, 0.3) is 0 Å². The number of amides is 1. The molecule has 0 saturated carbocycles. The van der Waals surface area contributed by atoms with Crippen molar-refractivity contribution in [3.8, 4) is 0 Å². The second-order valence-corrected chi connectivity index (χ2v) is 6.58. The predicted molar refractivity (Wildman–Crippen MR) is 100 cm³/mol. The third-order valence-electron chi connectivity index (χ3n) is 3.51. The van der Waals surface area contributed by atoms with Crippen LogP contribution in [-0.4, -0.2) is 24.0 Å². The Morgan fingerprint density at radius 3 is 2.00 bits per heavy atom. The van der Waals surface area contributed by atoms with Gasteiger partial charge in [-0.2, -0.15) is 0 Å². The third-order valence-corrected chi connectivity index (χ3v) is 4.14. The Balaban J connectivity index is 2.49. The molecule has 132 valence electrons. The second-order valence-electron chi connectivity index (χ2n) is 5.77. The molecular weight excluding hydrogens is 361 g/mol. The molecule has 2 aromatic carbocycles. The molecule has 6 heteroatoms. The molecule has 0 N–H and O–H groups in total.